The Bertz CT molecular complexity index is 316. The van der Waals surface area contributed by atoms with Crippen molar-refractivity contribution in [3.05, 3.63) is 23.8 Å². The molecule has 3 nitrogen and oxygen atoms in total. The summed E-state index contributed by atoms with van der Waals surface area (Å²) in [7, 11) is 0. The van der Waals surface area contributed by atoms with Gasteiger partial charge in [0.1, 0.15) is 0 Å². The van der Waals surface area contributed by atoms with Gasteiger partial charge in [0, 0.05) is 16.9 Å². The number of alkyl halides is 1. The van der Waals surface area contributed by atoms with Crippen LogP contribution in [0.1, 0.15) is 17.3 Å². The zero-order chi connectivity index (χ0) is 10.0. The van der Waals surface area contributed by atoms with Crippen molar-refractivity contribution in [3.63, 3.8) is 0 Å². The van der Waals surface area contributed by atoms with E-state index in [1.54, 1.807) is 25.1 Å². The summed E-state index contributed by atoms with van der Waals surface area (Å²) in [5, 5.41) is 0. The largest absolute Gasteiger partial charge is 0.399 e. The third-order valence-corrected chi connectivity index (χ3v) is 2.04. The predicted octanol–water partition coefficient (Wildman–Crippen LogP) is 1.82. The normalized spacial score (nSPS) is 12.5. The number of nitrogens with two attached hydrogens (primary N) is 2. The molecule has 1 unspecified atom stereocenters. The fraction of sp³-hybridized carbons (Fsp3) is 0.222. The minimum absolute atomic E-state index is 0.0148. The number of hydrogen-bond acceptors (Lipinski definition) is 3. The highest BCUT2D eigenvalue weighted by Crippen LogP contribution is 2.17. The van der Waals surface area contributed by atoms with E-state index >= 15 is 0 Å². The second-order valence-electron chi connectivity index (χ2n) is 2.87. The number of hydrogen-bond donors (Lipinski definition) is 2. The number of benzene rings is 1. The summed E-state index contributed by atoms with van der Waals surface area (Å²) in [6, 6.07) is 4.86. The van der Waals surface area contributed by atoms with Gasteiger partial charge >= 0.3 is 0 Å². The predicted molar refractivity (Wildman–Crippen MR) is 58.0 cm³/mol. The zero-order valence-corrected chi connectivity index (χ0v) is 8.84. The SMILES string of the molecule is CC(Br)C(=O)c1cc(N)cc(N)c1. The van der Waals surface area contributed by atoms with E-state index in [9.17, 15) is 4.79 Å². The lowest BCUT2D eigenvalue weighted by Gasteiger charge is -2.05. The van der Waals surface area contributed by atoms with E-state index < -0.39 is 0 Å². The molecule has 0 amide bonds. The summed E-state index contributed by atoms with van der Waals surface area (Å²) in [5.74, 6) is -0.0148. The van der Waals surface area contributed by atoms with Gasteiger partial charge in [0.15, 0.2) is 5.78 Å². The van der Waals surface area contributed by atoms with Gasteiger partial charge in [0.25, 0.3) is 0 Å². The van der Waals surface area contributed by atoms with Crippen LogP contribution in [0.4, 0.5) is 11.4 Å². The van der Waals surface area contributed by atoms with E-state index in [2.05, 4.69) is 15.9 Å². The van der Waals surface area contributed by atoms with Crippen LogP contribution < -0.4 is 11.5 Å². The lowest BCUT2D eigenvalue weighted by atomic mass is 10.1. The molecule has 1 aromatic rings. The fourth-order valence-corrected chi connectivity index (χ4v) is 1.31. The molecule has 0 radical (unpaired) electrons. The molecular formula is C9H11BrN2O. The molecule has 1 aromatic carbocycles. The first kappa shape index (κ1) is 10.1. The van der Waals surface area contributed by atoms with Crippen LogP contribution in [0.3, 0.4) is 0 Å². The number of anilines is 2. The van der Waals surface area contributed by atoms with Gasteiger partial charge in [-0.1, -0.05) is 15.9 Å². The number of halogens is 1. The van der Waals surface area contributed by atoms with E-state index in [0.717, 1.165) is 0 Å². The second kappa shape index (κ2) is 3.79. The molecule has 0 bridgehead atoms. The molecular weight excluding hydrogens is 232 g/mol. The molecule has 4 heteroatoms. The average Bonchev–Trinajstić information content (AvgIpc) is 2.01. The molecule has 0 aliphatic heterocycles. The highest BCUT2D eigenvalue weighted by atomic mass is 79.9. The van der Waals surface area contributed by atoms with Gasteiger partial charge in [0.2, 0.25) is 0 Å². The van der Waals surface area contributed by atoms with Crippen molar-refractivity contribution in [1.29, 1.82) is 0 Å². The molecule has 4 N–H and O–H groups in total. The number of carbonyl (C=O) groups excluding carboxylic acids is 1. The third-order valence-electron chi connectivity index (χ3n) is 1.62. The highest BCUT2D eigenvalue weighted by Gasteiger charge is 2.12. The molecule has 1 atom stereocenters. The summed E-state index contributed by atoms with van der Waals surface area (Å²) >= 11 is 3.19. The van der Waals surface area contributed by atoms with Gasteiger partial charge in [-0.05, 0) is 25.1 Å². The monoisotopic (exact) mass is 242 g/mol. The van der Waals surface area contributed by atoms with Crippen LogP contribution >= 0.6 is 15.9 Å². The summed E-state index contributed by atoms with van der Waals surface area (Å²) in [5.41, 5.74) is 12.7. The van der Waals surface area contributed by atoms with E-state index in [-0.39, 0.29) is 10.6 Å². The Balaban J connectivity index is 3.08. The van der Waals surface area contributed by atoms with E-state index in [4.69, 9.17) is 11.5 Å². The molecule has 0 saturated heterocycles. The average molecular weight is 243 g/mol. The van der Waals surface area contributed by atoms with Crippen molar-refractivity contribution < 1.29 is 4.79 Å². The van der Waals surface area contributed by atoms with Crippen LogP contribution in [0.25, 0.3) is 0 Å². The molecule has 13 heavy (non-hydrogen) atoms. The topological polar surface area (TPSA) is 69.1 Å². The van der Waals surface area contributed by atoms with Crippen LogP contribution in [0.5, 0.6) is 0 Å². The number of ketones is 1. The Morgan fingerprint density at radius 1 is 1.31 bits per heavy atom. The molecule has 70 valence electrons. The maximum atomic E-state index is 11.5. The molecule has 0 aromatic heterocycles. The number of carbonyl (C=O) groups is 1. The van der Waals surface area contributed by atoms with E-state index in [1.807, 2.05) is 0 Å². The summed E-state index contributed by atoms with van der Waals surface area (Å²) in [4.78, 5) is 11.3. The van der Waals surface area contributed by atoms with Crippen LogP contribution in [0.2, 0.25) is 0 Å². The van der Waals surface area contributed by atoms with Gasteiger partial charge < -0.3 is 11.5 Å². The molecule has 1 rings (SSSR count). The first-order chi connectivity index (χ1) is 6.00. The van der Waals surface area contributed by atoms with Crippen LogP contribution in [-0.4, -0.2) is 10.6 Å². The van der Waals surface area contributed by atoms with Crippen molar-refractivity contribution in [3.8, 4) is 0 Å². The fourth-order valence-electron chi connectivity index (χ4n) is 1.05. The molecule has 0 fully saturated rings. The zero-order valence-electron chi connectivity index (χ0n) is 7.25. The summed E-state index contributed by atoms with van der Waals surface area (Å²) < 4.78 is 0. The van der Waals surface area contributed by atoms with Crippen LogP contribution in [0, 0.1) is 0 Å². The van der Waals surface area contributed by atoms with Crippen molar-refractivity contribution in [2.75, 3.05) is 11.5 Å². The van der Waals surface area contributed by atoms with Gasteiger partial charge in [-0.3, -0.25) is 4.79 Å². The molecule has 0 spiro atoms. The molecule has 0 aliphatic carbocycles. The Hall–Kier alpha value is -1.03. The summed E-state index contributed by atoms with van der Waals surface area (Å²) in [6.07, 6.45) is 0. The van der Waals surface area contributed by atoms with Crippen molar-refractivity contribution >= 4 is 33.1 Å². The quantitative estimate of drug-likeness (QED) is 0.473. The minimum atomic E-state index is -0.214. The number of nitrogen functional groups attached to an aromatic ring is 2. The number of Topliss-reactive ketones (excluding diaryl/α,β-unsaturated/α-hetero) is 1. The molecule has 0 saturated carbocycles. The standard InChI is InChI=1S/C9H11BrN2O/c1-5(10)9(13)6-2-7(11)4-8(12)3-6/h2-5H,11-12H2,1H3. The smallest absolute Gasteiger partial charge is 0.176 e. The lowest BCUT2D eigenvalue weighted by Crippen LogP contribution is -2.10. The van der Waals surface area contributed by atoms with Crippen molar-refractivity contribution in [1.82, 2.24) is 0 Å². The lowest BCUT2D eigenvalue weighted by molar-refractivity contribution is 0.0996. The Kier molecular flexibility index (Phi) is 2.93. The van der Waals surface area contributed by atoms with Crippen LogP contribution in [0.15, 0.2) is 18.2 Å². The Morgan fingerprint density at radius 2 is 1.77 bits per heavy atom. The third kappa shape index (κ3) is 2.45. The summed E-state index contributed by atoms with van der Waals surface area (Å²) in [6.45, 7) is 1.77. The van der Waals surface area contributed by atoms with Gasteiger partial charge in [-0.15, -0.1) is 0 Å². The number of rotatable bonds is 2. The van der Waals surface area contributed by atoms with Crippen molar-refractivity contribution in [2.24, 2.45) is 0 Å². The molecule has 0 aliphatic rings. The Labute approximate surface area is 85.2 Å². The maximum absolute atomic E-state index is 11.5. The van der Waals surface area contributed by atoms with Crippen LogP contribution in [-0.2, 0) is 0 Å². The van der Waals surface area contributed by atoms with Gasteiger partial charge in [-0.2, -0.15) is 0 Å². The van der Waals surface area contributed by atoms with Crippen molar-refractivity contribution in [2.45, 2.75) is 11.8 Å². The maximum Gasteiger partial charge on any atom is 0.176 e. The van der Waals surface area contributed by atoms with Gasteiger partial charge in [0.05, 0.1) is 4.83 Å². The Morgan fingerprint density at radius 3 is 2.15 bits per heavy atom. The van der Waals surface area contributed by atoms with E-state index in [1.165, 1.54) is 0 Å². The first-order valence-electron chi connectivity index (χ1n) is 3.85. The minimum Gasteiger partial charge on any atom is -0.399 e. The van der Waals surface area contributed by atoms with Gasteiger partial charge in [-0.25, -0.2) is 0 Å². The first-order valence-corrected chi connectivity index (χ1v) is 4.76. The molecule has 0 heterocycles. The second-order valence-corrected chi connectivity index (χ2v) is 4.24. The highest BCUT2D eigenvalue weighted by molar-refractivity contribution is 9.10. The van der Waals surface area contributed by atoms with E-state index in [0.29, 0.717) is 16.9 Å².